The summed E-state index contributed by atoms with van der Waals surface area (Å²) >= 11 is 1.54. The van der Waals surface area contributed by atoms with E-state index in [2.05, 4.69) is 9.97 Å². The molecule has 0 saturated heterocycles. The van der Waals surface area contributed by atoms with E-state index in [0.717, 1.165) is 27.2 Å². The number of likely N-dealkylation sites (N-methyl/N-ethyl adjacent to an activating group) is 1. The van der Waals surface area contributed by atoms with Crippen molar-refractivity contribution in [3.63, 3.8) is 0 Å². The van der Waals surface area contributed by atoms with Crippen LogP contribution in [0.2, 0.25) is 0 Å². The lowest BCUT2D eigenvalue weighted by Gasteiger charge is -2.18. The van der Waals surface area contributed by atoms with E-state index in [0.29, 0.717) is 12.4 Å². The van der Waals surface area contributed by atoms with Crippen molar-refractivity contribution in [1.82, 2.24) is 9.97 Å². The van der Waals surface area contributed by atoms with Crippen molar-refractivity contribution >= 4 is 27.4 Å². The Morgan fingerprint density at radius 2 is 1.95 bits per heavy atom. The van der Waals surface area contributed by atoms with Crippen LogP contribution in [0.4, 0.5) is 10.2 Å². The molecule has 0 unspecified atom stereocenters. The summed E-state index contributed by atoms with van der Waals surface area (Å²) < 4.78 is 13.1. The molecule has 3 aromatic rings. The van der Waals surface area contributed by atoms with Crippen LogP contribution in [0.15, 0.2) is 29.6 Å². The number of anilines is 1. The van der Waals surface area contributed by atoms with Crippen LogP contribution in [0, 0.1) is 12.7 Å². The zero-order valence-corrected chi connectivity index (χ0v) is 13.2. The Hall–Kier alpha value is -2.05. The molecule has 0 radical (unpaired) electrons. The van der Waals surface area contributed by atoms with Crippen LogP contribution in [0.1, 0.15) is 5.82 Å². The maximum absolute atomic E-state index is 13.1. The fourth-order valence-corrected chi connectivity index (χ4v) is 3.39. The van der Waals surface area contributed by atoms with E-state index in [1.807, 2.05) is 24.3 Å². The molecule has 0 saturated carbocycles. The molecule has 1 N–H and O–H groups in total. The summed E-state index contributed by atoms with van der Waals surface area (Å²) in [6, 6.07) is 6.41. The SMILES string of the molecule is Cc1nc(N(C)CCO)c2c(-c3ccc(F)cc3)csc2n1. The van der Waals surface area contributed by atoms with Crippen molar-refractivity contribution in [3.8, 4) is 11.1 Å². The first-order chi connectivity index (χ1) is 10.6. The van der Waals surface area contributed by atoms with E-state index in [1.54, 1.807) is 23.5 Å². The maximum Gasteiger partial charge on any atom is 0.141 e. The first-order valence-electron chi connectivity index (χ1n) is 6.94. The topological polar surface area (TPSA) is 49.2 Å². The minimum Gasteiger partial charge on any atom is -0.395 e. The molecular formula is C16H16FN3OS. The molecule has 0 fully saturated rings. The summed E-state index contributed by atoms with van der Waals surface area (Å²) in [5.74, 6) is 1.23. The molecule has 0 aliphatic rings. The number of aliphatic hydroxyl groups is 1. The molecule has 0 amide bonds. The Balaban J connectivity index is 2.21. The Labute approximate surface area is 131 Å². The number of nitrogens with zero attached hydrogens (tertiary/aromatic N) is 3. The molecule has 0 atom stereocenters. The number of rotatable bonds is 4. The van der Waals surface area contributed by atoms with Crippen LogP contribution in [-0.4, -0.2) is 35.3 Å². The summed E-state index contributed by atoms with van der Waals surface area (Å²) in [4.78, 5) is 11.8. The second-order valence-electron chi connectivity index (χ2n) is 5.08. The Morgan fingerprint density at radius 1 is 1.23 bits per heavy atom. The van der Waals surface area contributed by atoms with Crippen molar-refractivity contribution in [1.29, 1.82) is 0 Å². The zero-order valence-electron chi connectivity index (χ0n) is 12.4. The monoisotopic (exact) mass is 317 g/mol. The van der Waals surface area contributed by atoms with Crippen LogP contribution >= 0.6 is 11.3 Å². The standard InChI is InChI=1S/C16H16FN3OS/c1-10-18-15(20(2)7-8-21)14-13(9-22-16(14)19-10)11-3-5-12(17)6-4-11/h3-6,9,21H,7-8H2,1-2H3. The molecule has 0 aliphatic carbocycles. The van der Waals surface area contributed by atoms with E-state index in [9.17, 15) is 9.50 Å². The summed E-state index contributed by atoms with van der Waals surface area (Å²) in [6.07, 6.45) is 0. The van der Waals surface area contributed by atoms with Crippen LogP contribution < -0.4 is 4.90 Å². The van der Waals surface area contributed by atoms with Crippen LogP contribution in [-0.2, 0) is 0 Å². The number of fused-ring (bicyclic) bond motifs is 1. The van der Waals surface area contributed by atoms with Crippen LogP contribution in [0.25, 0.3) is 21.3 Å². The third-order valence-electron chi connectivity index (χ3n) is 3.48. The first kappa shape index (κ1) is 14.9. The Bertz CT molecular complexity index is 801. The van der Waals surface area contributed by atoms with Crippen LogP contribution in [0.3, 0.4) is 0 Å². The average Bonchev–Trinajstić information content (AvgIpc) is 2.91. The first-order valence-corrected chi connectivity index (χ1v) is 7.82. The summed E-state index contributed by atoms with van der Waals surface area (Å²) in [7, 11) is 1.89. The van der Waals surface area contributed by atoms with Crippen molar-refractivity contribution in [2.75, 3.05) is 25.1 Å². The molecule has 0 spiro atoms. The van der Waals surface area contributed by atoms with Gasteiger partial charge in [0.15, 0.2) is 0 Å². The second kappa shape index (κ2) is 5.98. The van der Waals surface area contributed by atoms with Gasteiger partial charge < -0.3 is 10.0 Å². The summed E-state index contributed by atoms with van der Waals surface area (Å²) in [5.41, 5.74) is 1.92. The number of hydrogen-bond acceptors (Lipinski definition) is 5. The predicted octanol–water partition coefficient (Wildman–Crippen LogP) is 3.23. The van der Waals surface area contributed by atoms with Gasteiger partial charge >= 0.3 is 0 Å². The maximum atomic E-state index is 13.1. The van der Waals surface area contributed by atoms with Crippen molar-refractivity contribution in [2.45, 2.75) is 6.92 Å². The number of aromatic nitrogens is 2. The van der Waals surface area contributed by atoms with Gasteiger partial charge in [0.05, 0.1) is 12.0 Å². The van der Waals surface area contributed by atoms with Gasteiger partial charge in [0.1, 0.15) is 22.3 Å². The zero-order chi connectivity index (χ0) is 15.7. The predicted molar refractivity (Wildman–Crippen MR) is 87.9 cm³/mol. The number of benzene rings is 1. The number of thiophene rings is 1. The smallest absolute Gasteiger partial charge is 0.141 e. The number of aryl methyl sites for hydroxylation is 1. The number of halogens is 1. The van der Waals surface area contributed by atoms with Gasteiger partial charge in [-0.3, -0.25) is 0 Å². The fraction of sp³-hybridized carbons (Fsp3) is 0.250. The normalized spacial score (nSPS) is 11.1. The highest BCUT2D eigenvalue weighted by molar-refractivity contribution is 7.17. The third kappa shape index (κ3) is 2.67. The minimum absolute atomic E-state index is 0.0526. The lowest BCUT2D eigenvalue weighted by atomic mass is 10.1. The van der Waals surface area contributed by atoms with Crippen molar-refractivity contribution in [2.24, 2.45) is 0 Å². The molecular weight excluding hydrogens is 301 g/mol. The molecule has 2 aromatic heterocycles. The molecule has 4 nitrogen and oxygen atoms in total. The quantitative estimate of drug-likeness (QED) is 0.802. The summed E-state index contributed by atoms with van der Waals surface area (Å²) in [5, 5.41) is 12.1. The summed E-state index contributed by atoms with van der Waals surface area (Å²) in [6.45, 7) is 2.40. The molecule has 114 valence electrons. The largest absolute Gasteiger partial charge is 0.395 e. The number of hydrogen-bond donors (Lipinski definition) is 1. The van der Waals surface area contributed by atoms with E-state index in [-0.39, 0.29) is 12.4 Å². The van der Waals surface area contributed by atoms with Gasteiger partial charge in [0.2, 0.25) is 0 Å². The highest BCUT2D eigenvalue weighted by atomic mass is 32.1. The molecule has 0 bridgehead atoms. The minimum atomic E-state index is -0.256. The fourth-order valence-electron chi connectivity index (χ4n) is 2.40. The van der Waals surface area contributed by atoms with Gasteiger partial charge in [0.25, 0.3) is 0 Å². The van der Waals surface area contributed by atoms with Gasteiger partial charge in [-0.2, -0.15) is 0 Å². The van der Waals surface area contributed by atoms with E-state index in [1.165, 1.54) is 12.1 Å². The van der Waals surface area contributed by atoms with Gasteiger partial charge in [-0.15, -0.1) is 11.3 Å². The molecule has 1 aromatic carbocycles. The van der Waals surface area contributed by atoms with E-state index in [4.69, 9.17) is 0 Å². The van der Waals surface area contributed by atoms with Crippen molar-refractivity contribution < 1.29 is 9.50 Å². The molecule has 22 heavy (non-hydrogen) atoms. The lowest BCUT2D eigenvalue weighted by Crippen LogP contribution is -2.23. The van der Waals surface area contributed by atoms with Gasteiger partial charge in [-0.05, 0) is 24.6 Å². The average molecular weight is 317 g/mol. The van der Waals surface area contributed by atoms with Gasteiger partial charge in [0, 0.05) is 24.5 Å². The van der Waals surface area contributed by atoms with Gasteiger partial charge in [-0.25, -0.2) is 14.4 Å². The molecule has 0 aliphatic heterocycles. The van der Waals surface area contributed by atoms with E-state index < -0.39 is 0 Å². The van der Waals surface area contributed by atoms with Crippen LogP contribution in [0.5, 0.6) is 0 Å². The molecule has 2 heterocycles. The van der Waals surface area contributed by atoms with E-state index >= 15 is 0 Å². The van der Waals surface area contributed by atoms with Crippen molar-refractivity contribution in [3.05, 3.63) is 41.3 Å². The Morgan fingerprint density at radius 3 is 2.64 bits per heavy atom. The third-order valence-corrected chi connectivity index (χ3v) is 4.35. The number of aliphatic hydroxyl groups excluding tert-OH is 1. The lowest BCUT2D eigenvalue weighted by molar-refractivity contribution is 0.304. The van der Waals surface area contributed by atoms with Gasteiger partial charge in [-0.1, -0.05) is 12.1 Å². The Kier molecular flexibility index (Phi) is 4.04. The highest BCUT2D eigenvalue weighted by Gasteiger charge is 2.16. The molecule has 6 heteroatoms. The highest BCUT2D eigenvalue weighted by Crippen LogP contribution is 2.37. The second-order valence-corrected chi connectivity index (χ2v) is 5.93. The molecule has 3 rings (SSSR count).